The topological polar surface area (TPSA) is 52.8 Å². The lowest BCUT2D eigenvalue weighted by molar-refractivity contribution is 0.457. The molecule has 0 radical (unpaired) electrons. The van der Waals surface area contributed by atoms with E-state index in [1.165, 1.54) is 6.33 Å². The summed E-state index contributed by atoms with van der Waals surface area (Å²) in [4.78, 5) is 7.80. The molecule has 0 fully saturated rings. The average Bonchev–Trinajstić information content (AvgIpc) is 2.56. The van der Waals surface area contributed by atoms with Crippen molar-refractivity contribution in [3.05, 3.63) is 29.4 Å². The first-order valence-electron chi connectivity index (χ1n) is 3.88. The van der Waals surface area contributed by atoms with Crippen molar-refractivity contribution in [3.63, 3.8) is 0 Å². The monoisotopic (exact) mass is 254 g/mol. The van der Waals surface area contributed by atoms with Crippen LogP contribution in [0.25, 0.3) is 0 Å². The second-order valence-electron chi connectivity index (χ2n) is 2.63. The smallest absolute Gasteiger partial charge is 0.236 e. The van der Waals surface area contributed by atoms with Crippen LogP contribution in [-0.2, 0) is 7.05 Å². The van der Waals surface area contributed by atoms with Gasteiger partial charge in [-0.2, -0.15) is 5.10 Å². The number of halogens is 1. The highest BCUT2D eigenvalue weighted by atomic mass is 79.9. The Bertz CT molecular complexity index is 442. The van der Waals surface area contributed by atoms with Gasteiger partial charge in [0.2, 0.25) is 5.88 Å². The zero-order valence-corrected chi connectivity index (χ0v) is 8.97. The van der Waals surface area contributed by atoms with Crippen LogP contribution in [0, 0.1) is 0 Å². The highest BCUT2D eigenvalue weighted by Crippen LogP contribution is 2.25. The molecule has 72 valence electrons. The number of rotatable bonds is 2. The van der Waals surface area contributed by atoms with Crippen molar-refractivity contribution in [2.45, 2.75) is 0 Å². The lowest BCUT2D eigenvalue weighted by Gasteiger charge is -2.01. The third-order valence-corrected chi connectivity index (χ3v) is 2.07. The van der Waals surface area contributed by atoms with E-state index < -0.39 is 0 Å². The Hall–Kier alpha value is -1.43. The third-order valence-electron chi connectivity index (χ3n) is 1.53. The van der Waals surface area contributed by atoms with E-state index >= 15 is 0 Å². The molecule has 0 aliphatic carbocycles. The van der Waals surface area contributed by atoms with E-state index in [2.05, 4.69) is 31.0 Å². The van der Waals surface area contributed by atoms with Gasteiger partial charge in [-0.05, 0) is 15.9 Å². The fraction of sp³-hybridized carbons (Fsp3) is 0.125. The molecule has 0 spiro atoms. The molecule has 0 aliphatic heterocycles. The van der Waals surface area contributed by atoms with E-state index in [-0.39, 0.29) is 0 Å². The van der Waals surface area contributed by atoms with Crippen LogP contribution in [0.1, 0.15) is 0 Å². The standard InChI is InChI=1S/C8H7BrN4O/c1-13-4-6(2-12-13)14-8-7(9)3-10-5-11-8/h2-5H,1H3. The summed E-state index contributed by atoms with van der Waals surface area (Å²) in [5, 5.41) is 3.98. The van der Waals surface area contributed by atoms with Gasteiger partial charge in [-0.25, -0.2) is 9.97 Å². The fourth-order valence-electron chi connectivity index (χ4n) is 0.940. The maximum atomic E-state index is 5.45. The zero-order chi connectivity index (χ0) is 9.97. The van der Waals surface area contributed by atoms with Crippen LogP contribution in [0.3, 0.4) is 0 Å². The van der Waals surface area contributed by atoms with Crippen molar-refractivity contribution in [2.24, 2.45) is 7.05 Å². The summed E-state index contributed by atoms with van der Waals surface area (Å²) < 4.78 is 7.82. The third kappa shape index (κ3) is 1.90. The summed E-state index contributed by atoms with van der Waals surface area (Å²) >= 11 is 3.28. The lowest BCUT2D eigenvalue weighted by Crippen LogP contribution is -1.89. The molecule has 2 aromatic heterocycles. The summed E-state index contributed by atoms with van der Waals surface area (Å²) in [6.07, 6.45) is 6.43. The van der Waals surface area contributed by atoms with Gasteiger partial charge in [0.05, 0.1) is 16.9 Å². The van der Waals surface area contributed by atoms with Crippen LogP contribution < -0.4 is 4.74 Å². The molecule has 0 saturated carbocycles. The zero-order valence-electron chi connectivity index (χ0n) is 7.38. The minimum Gasteiger partial charge on any atom is -0.434 e. The highest BCUT2D eigenvalue weighted by Gasteiger charge is 2.04. The Kier molecular flexibility index (Phi) is 2.45. The fourth-order valence-corrected chi connectivity index (χ4v) is 1.24. The maximum absolute atomic E-state index is 5.45. The van der Waals surface area contributed by atoms with Gasteiger partial charge in [-0.15, -0.1) is 0 Å². The summed E-state index contributed by atoms with van der Waals surface area (Å²) in [6, 6.07) is 0. The SMILES string of the molecule is Cn1cc(Oc2ncncc2Br)cn1. The van der Waals surface area contributed by atoms with Gasteiger partial charge in [0.15, 0.2) is 5.75 Å². The number of aromatic nitrogens is 4. The highest BCUT2D eigenvalue weighted by molar-refractivity contribution is 9.10. The molecule has 6 heteroatoms. The Morgan fingerprint density at radius 2 is 2.29 bits per heavy atom. The Labute approximate surface area is 88.9 Å². The molecule has 2 aromatic rings. The summed E-state index contributed by atoms with van der Waals surface area (Å²) in [5.74, 6) is 1.12. The molecule has 2 rings (SSSR count). The Morgan fingerprint density at radius 1 is 1.43 bits per heavy atom. The molecule has 0 amide bonds. The first kappa shape index (κ1) is 9.14. The van der Waals surface area contributed by atoms with Crippen molar-refractivity contribution in [2.75, 3.05) is 0 Å². The first-order chi connectivity index (χ1) is 6.75. The molecule has 0 aliphatic rings. The quantitative estimate of drug-likeness (QED) is 0.820. The lowest BCUT2D eigenvalue weighted by atomic mass is 10.6. The number of hydrogen-bond donors (Lipinski definition) is 0. The molecule has 14 heavy (non-hydrogen) atoms. The van der Waals surface area contributed by atoms with Crippen molar-refractivity contribution in [1.82, 2.24) is 19.7 Å². The van der Waals surface area contributed by atoms with Gasteiger partial charge in [0, 0.05) is 13.2 Å². The van der Waals surface area contributed by atoms with Crippen LogP contribution in [0.5, 0.6) is 11.6 Å². The second kappa shape index (κ2) is 3.75. The van der Waals surface area contributed by atoms with E-state index in [0.29, 0.717) is 16.1 Å². The van der Waals surface area contributed by atoms with Gasteiger partial charge >= 0.3 is 0 Å². The number of ether oxygens (including phenoxy) is 1. The molecular formula is C8H7BrN4O. The predicted molar refractivity (Wildman–Crippen MR) is 53.0 cm³/mol. The summed E-state index contributed by atoms with van der Waals surface area (Å²) in [7, 11) is 1.82. The van der Waals surface area contributed by atoms with E-state index in [4.69, 9.17) is 4.74 Å². The largest absolute Gasteiger partial charge is 0.434 e. The number of hydrogen-bond acceptors (Lipinski definition) is 4. The van der Waals surface area contributed by atoms with E-state index in [1.54, 1.807) is 23.3 Å². The van der Waals surface area contributed by atoms with Gasteiger partial charge < -0.3 is 4.74 Å². The number of nitrogens with zero attached hydrogens (tertiary/aromatic N) is 4. The van der Waals surface area contributed by atoms with Crippen molar-refractivity contribution in [3.8, 4) is 11.6 Å². The van der Waals surface area contributed by atoms with Crippen LogP contribution in [-0.4, -0.2) is 19.7 Å². The van der Waals surface area contributed by atoms with Gasteiger partial charge in [0.25, 0.3) is 0 Å². The van der Waals surface area contributed by atoms with Crippen LogP contribution in [0.4, 0.5) is 0 Å². The minimum atomic E-state index is 0.480. The second-order valence-corrected chi connectivity index (χ2v) is 3.48. The number of aryl methyl sites for hydroxylation is 1. The van der Waals surface area contributed by atoms with E-state index in [0.717, 1.165) is 0 Å². The average molecular weight is 255 g/mol. The van der Waals surface area contributed by atoms with Crippen molar-refractivity contribution >= 4 is 15.9 Å². The van der Waals surface area contributed by atoms with Crippen molar-refractivity contribution in [1.29, 1.82) is 0 Å². The van der Waals surface area contributed by atoms with Crippen LogP contribution in [0.2, 0.25) is 0 Å². The summed E-state index contributed by atoms with van der Waals surface area (Å²) in [6.45, 7) is 0. The minimum absolute atomic E-state index is 0.480. The maximum Gasteiger partial charge on any atom is 0.236 e. The molecule has 0 aromatic carbocycles. The molecule has 0 saturated heterocycles. The molecule has 0 bridgehead atoms. The normalized spacial score (nSPS) is 10.1. The molecule has 0 atom stereocenters. The summed E-state index contributed by atoms with van der Waals surface area (Å²) in [5.41, 5.74) is 0. The van der Waals surface area contributed by atoms with Gasteiger partial charge in [0.1, 0.15) is 6.33 Å². The molecular weight excluding hydrogens is 248 g/mol. The first-order valence-corrected chi connectivity index (χ1v) is 4.67. The predicted octanol–water partition coefficient (Wildman–Crippen LogP) is 1.76. The van der Waals surface area contributed by atoms with E-state index in [9.17, 15) is 0 Å². The van der Waals surface area contributed by atoms with Crippen LogP contribution >= 0.6 is 15.9 Å². The van der Waals surface area contributed by atoms with Crippen molar-refractivity contribution < 1.29 is 4.74 Å². The van der Waals surface area contributed by atoms with Gasteiger partial charge in [-0.3, -0.25) is 4.68 Å². The van der Waals surface area contributed by atoms with Crippen LogP contribution in [0.15, 0.2) is 29.4 Å². The van der Waals surface area contributed by atoms with E-state index in [1.807, 2.05) is 7.05 Å². The molecule has 0 unspecified atom stereocenters. The Balaban J connectivity index is 2.23. The Morgan fingerprint density at radius 3 is 2.93 bits per heavy atom. The molecule has 2 heterocycles. The molecule has 0 N–H and O–H groups in total. The molecule has 5 nitrogen and oxygen atoms in total. The van der Waals surface area contributed by atoms with Gasteiger partial charge in [-0.1, -0.05) is 0 Å².